The van der Waals surface area contributed by atoms with Gasteiger partial charge in [0.2, 0.25) is 0 Å². The summed E-state index contributed by atoms with van der Waals surface area (Å²) in [6, 6.07) is 6.31. The third kappa shape index (κ3) is 2.41. The van der Waals surface area contributed by atoms with Crippen LogP contribution in [0.1, 0.15) is 30.0 Å². The van der Waals surface area contributed by atoms with E-state index in [0.29, 0.717) is 6.54 Å². The highest BCUT2D eigenvalue weighted by Gasteiger charge is 2.40. The highest BCUT2D eigenvalue weighted by atomic mass is 16.4. The molecule has 1 fully saturated rings. The number of carboxylic acid groups (broad SMARTS) is 1. The summed E-state index contributed by atoms with van der Waals surface area (Å²) in [4.78, 5) is 13.5. The fraction of sp³-hybridized carbons (Fsp3) is 0.533. The predicted molar refractivity (Wildman–Crippen MR) is 71.6 cm³/mol. The number of carboxylic acids is 1. The number of aryl methyl sites for hydroxylation is 2. The van der Waals surface area contributed by atoms with Gasteiger partial charge in [-0.25, -0.2) is 0 Å². The van der Waals surface area contributed by atoms with E-state index in [4.69, 9.17) is 0 Å². The molecule has 0 radical (unpaired) electrons. The van der Waals surface area contributed by atoms with E-state index in [9.17, 15) is 9.90 Å². The minimum atomic E-state index is -0.675. The third-order valence-electron chi connectivity index (χ3n) is 4.09. The Morgan fingerprint density at radius 2 is 2.00 bits per heavy atom. The number of carbonyl (C=O) groups is 1. The van der Waals surface area contributed by atoms with Crippen molar-refractivity contribution in [3.63, 3.8) is 0 Å². The number of hydrogen-bond donors (Lipinski definition) is 1. The Labute approximate surface area is 108 Å². The lowest BCUT2D eigenvalue weighted by atomic mass is 9.90. The molecule has 0 bridgehead atoms. The van der Waals surface area contributed by atoms with E-state index in [1.807, 2.05) is 6.92 Å². The summed E-state index contributed by atoms with van der Waals surface area (Å²) < 4.78 is 0. The van der Waals surface area contributed by atoms with Gasteiger partial charge in [0.05, 0.1) is 5.41 Å². The number of benzene rings is 1. The van der Waals surface area contributed by atoms with Crippen molar-refractivity contribution < 1.29 is 9.90 Å². The van der Waals surface area contributed by atoms with E-state index < -0.39 is 11.4 Å². The molecule has 1 saturated heterocycles. The Bertz CT molecular complexity index is 449. The molecule has 1 aliphatic rings. The fourth-order valence-electron chi connectivity index (χ4n) is 2.69. The standard InChI is InChI=1S/C15H21NO2/c1-11-5-4-6-12(2)13(11)9-16-8-7-15(3,10-16)14(17)18/h4-6H,7-10H2,1-3H3,(H,17,18). The quantitative estimate of drug-likeness (QED) is 0.892. The Morgan fingerprint density at radius 1 is 1.39 bits per heavy atom. The van der Waals surface area contributed by atoms with Crippen molar-refractivity contribution >= 4 is 5.97 Å². The summed E-state index contributed by atoms with van der Waals surface area (Å²) in [6.07, 6.45) is 0.743. The summed E-state index contributed by atoms with van der Waals surface area (Å²) in [5, 5.41) is 9.24. The number of aliphatic carboxylic acids is 1. The molecule has 1 N–H and O–H groups in total. The average Bonchev–Trinajstić information content (AvgIpc) is 2.67. The van der Waals surface area contributed by atoms with Crippen LogP contribution in [0.4, 0.5) is 0 Å². The van der Waals surface area contributed by atoms with Crippen LogP contribution in [0.3, 0.4) is 0 Å². The molecule has 1 aromatic carbocycles. The number of likely N-dealkylation sites (tertiary alicyclic amines) is 1. The van der Waals surface area contributed by atoms with Crippen LogP contribution in [0, 0.1) is 19.3 Å². The summed E-state index contributed by atoms with van der Waals surface area (Å²) in [5.74, 6) is -0.675. The zero-order valence-electron chi connectivity index (χ0n) is 11.4. The monoisotopic (exact) mass is 247 g/mol. The lowest BCUT2D eigenvalue weighted by molar-refractivity contribution is -0.147. The lowest BCUT2D eigenvalue weighted by Gasteiger charge is -2.21. The molecular weight excluding hydrogens is 226 g/mol. The van der Waals surface area contributed by atoms with Gasteiger partial charge in [-0.2, -0.15) is 0 Å². The number of rotatable bonds is 3. The molecule has 1 atom stereocenters. The van der Waals surface area contributed by atoms with Crippen molar-refractivity contribution in [2.24, 2.45) is 5.41 Å². The van der Waals surface area contributed by atoms with Crippen LogP contribution in [0.15, 0.2) is 18.2 Å². The van der Waals surface area contributed by atoms with Crippen molar-refractivity contribution in [2.75, 3.05) is 13.1 Å². The topological polar surface area (TPSA) is 40.5 Å². The Balaban J connectivity index is 2.11. The van der Waals surface area contributed by atoms with Crippen molar-refractivity contribution in [1.29, 1.82) is 0 Å². The summed E-state index contributed by atoms with van der Waals surface area (Å²) in [5.41, 5.74) is 3.35. The van der Waals surface area contributed by atoms with Crippen molar-refractivity contribution in [3.05, 3.63) is 34.9 Å². The largest absolute Gasteiger partial charge is 0.481 e. The van der Waals surface area contributed by atoms with Crippen LogP contribution < -0.4 is 0 Å². The van der Waals surface area contributed by atoms with Gasteiger partial charge in [0.25, 0.3) is 0 Å². The lowest BCUT2D eigenvalue weighted by Crippen LogP contribution is -2.31. The third-order valence-corrected chi connectivity index (χ3v) is 4.09. The van der Waals surface area contributed by atoms with Crippen molar-refractivity contribution in [3.8, 4) is 0 Å². The normalized spacial score (nSPS) is 24.4. The smallest absolute Gasteiger partial charge is 0.310 e. The van der Waals surface area contributed by atoms with Crippen LogP contribution in [0.25, 0.3) is 0 Å². The van der Waals surface area contributed by atoms with Crippen LogP contribution in [0.2, 0.25) is 0 Å². The highest BCUT2D eigenvalue weighted by molar-refractivity contribution is 5.74. The van der Waals surface area contributed by atoms with Gasteiger partial charge in [-0.1, -0.05) is 18.2 Å². The first-order valence-corrected chi connectivity index (χ1v) is 6.43. The number of hydrogen-bond acceptors (Lipinski definition) is 2. The first-order chi connectivity index (χ1) is 8.42. The average molecular weight is 247 g/mol. The van der Waals surface area contributed by atoms with Crippen LogP contribution in [-0.2, 0) is 11.3 Å². The molecule has 3 heteroatoms. The fourth-order valence-corrected chi connectivity index (χ4v) is 2.69. The van der Waals surface area contributed by atoms with Gasteiger partial charge in [0.15, 0.2) is 0 Å². The van der Waals surface area contributed by atoms with Gasteiger partial charge in [0, 0.05) is 13.1 Å². The molecule has 0 spiro atoms. The maximum absolute atomic E-state index is 11.2. The maximum Gasteiger partial charge on any atom is 0.310 e. The van der Waals surface area contributed by atoms with Gasteiger partial charge in [-0.15, -0.1) is 0 Å². The molecule has 1 aromatic rings. The Hall–Kier alpha value is -1.35. The molecule has 2 rings (SSSR count). The molecule has 0 amide bonds. The van der Waals surface area contributed by atoms with E-state index >= 15 is 0 Å². The number of nitrogens with zero attached hydrogens (tertiary/aromatic N) is 1. The van der Waals surface area contributed by atoms with Crippen LogP contribution in [-0.4, -0.2) is 29.1 Å². The van der Waals surface area contributed by atoms with E-state index in [-0.39, 0.29) is 0 Å². The SMILES string of the molecule is Cc1cccc(C)c1CN1CCC(C)(C(=O)O)C1. The summed E-state index contributed by atoms with van der Waals surface area (Å²) in [7, 11) is 0. The second kappa shape index (κ2) is 4.73. The molecule has 0 aliphatic carbocycles. The molecule has 0 saturated carbocycles. The molecule has 18 heavy (non-hydrogen) atoms. The summed E-state index contributed by atoms with van der Waals surface area (Å²) in [6.45, 7) is 8.47. The highest BCUT2D eigenvalue weighted by Crippen LogP contribution is 2.31. The molecule has 3 nitrogen and oxygen atoms in total. The van der Waals surface area contributed by atoms with E-state index in [1.54, 1.807) is 0 Å². The molecule has 98 valence electrons. The molecule has 1 aliphatic heterocycles. The molecular formula is C15H21NO2. The second-order valence-electron chi connectivity index (χ2n) is 5.70. The van der Waals surface area contributed by atoms with Crippen LogP contribution in [0.5, 0.6) is 0 Å². The first-order valence-electron chi connectivity index (χ1n) is 6.43. The first kappa shape index (κ1) is 13.1. The Morgan fingerprint density at radius 3 is 2.50 bits per heavy atom. The molecule has 1 heterocycles. The van der Waals surface area contributed by atoms with E-state index in [0.717, 1.165) is 19.5 Å². The van der Waals surface area contributed by atoms with Gasteiger partial charge in [0.1, 0.15) is 0 Å². The minimum absolute atomic E-state index is 0.573. The Kier molecular flexibility index (Phi) is 3.44. The molecule has 0 aromatic heterocycles. The minimum Gasteiger partial charge on any atom is -0.481 e. The van der Waals surface area contributed by atoms with Gasteiger partial charge in [-0.3, -0.25) is 9.69 Å². The zero-order valence-corrected chi connectivity index (χ0v) is 11.4. The van der Waals surface area contributed by atoms with E-state index in [1.165, 1.54) is 16.7 Å². The van der Waals surface area contributed by atoms with Crippen molar-refractivity contribution in [2.45, 2.75) is 33.7 Å². The predicted octanol–water partition coefficient (Wildman–Crippen LogP) is 2.60. The van der Waals surface area contributed by atoms with Gasteiger partial charge < -0.3 is 5.11 Å². The molecule has 1 unspecified atom stereocenters. The second-order valence-corrected chi connectivity index (χ2v) is 5.70. The zero-order chi connectivity index (χ0) is 13.3. The van der Waals surface area contributed by atoms with Gasteiger partial charge in [-0.05, 0) is 50.4 Å². The summed E-state index contributed by atoms with van der Waals surface area (Å²) >= 11 is 0. The van der Waals surface area contributed by atoms with Gasteiger partial charge >= 0.3 is 5.97 Å². The van der Waals surface area contributed by atoms with Crippen molar-refractivity contribution in [1.82, 2.24) is 4.90 Å². The van der Waals surface area contributed by atoms with Crippen LogP contribution >= 0.6 is 0 Å². The maximum atomic E-state index is 11.2. The van der Waals surface area contributed by atoms with E-state index in [2.05, 4.69) is 36.9 Å².